The van der Waals surface area contributed by atoms with Crippen LogP contribution in [-0.2, 0) is 5.41 Å². The topological polar surface area (TPSA) is 0 Å². The molecule has 0 saturated heterocycles. The molecule has 0 aromatic heterocycles. The Bertz CT molecular complexity index is 365. The fraction of sp³-hybridized carbons (Fsp3) is 0.538. The van der Waals surface area contributed by atoms with Crippen LogP contribution in [0, 0.1) is 5.92 Å². The summed E-state index contributed by atoms with van der Waals surface area (Å²) in [5.41, 5.74) is 3.38. The van der Waals surface area contributed by atoms with E-state index in [9.17, 15) is 0 Å². The van der Waals surface area contributed by atoms with Crippen LogP contribution in [0.1, 0.15) is 44.7 Å². The van der Waals surface area contributed by atoms with Crippen LogP contribution in [0.5, 0.6) is 0 Å². The van der Waals surface area contributed by atoms with Crippen molar-refractivity contribution >= 4 is 15.9 Å². The monoisotopic (exact) mass is 252 g/mol. The lowest BCUT2D eigenvalue weighted by atomic mass is 9.78. The molecule has 0 bridgehead atoms. The van der Waals surface area contributed by atoms with Crippen LogP contribution in [0.2, 0.25) is 0 Å². The fourth-order valence-corrected chi connectivity index (χ4v) is 3.02. The molecule has 76 valence electrons. The van der Waals surface area contributed by atoms with E-state index >= 15 is 0 Å². The molecule has 2 atom stereocenters. The molecule has 1 heteroatoms. The zero-order chi connectivity index (χ0) is 10.5. The van der Waals surface area contributed by atoms with Gasteiger partial charge in [-0.25, -0.2) is 0 Å². The Kier molecular flexibility index (Phi) is 2.26. The van der Waals surface area contributed by atoms with Gasteiger partial charge in [-0.3, -0.25) is 0 Å². The van der Waals surface area contributed by atoms with Gasteiger partial charge in [-0.15, -0.1) is 0 Å². The normalized spacial score (nSPS) is 28.9. The van der Waals surface area contributed by atoms with Crippen LogP contribution < -0.4 is 0 Å². The first kappa shape index (κ1) is 10.2. The van der Waals surface area contributed by atoms with Crippen LogP contribution in [0.25, 0.3) is 0 Å². The zero-order valence-electron chi connectivity index (χ0n) is 9.26. The molecule has 0 heterocycles. The van der Waals surface area contributed by atoms with Gasteiger partial charge in [0.25, 0.3) is 0 Å². The van der Waals surface area contributed by atoms with Gasteiger partial charge in [0.2, 0.25) is 0 Å². The SMILES string of the molecule is CC1c2cc(Br)ccc2C(C)(C)C1C. The quantitative estimate of drug-likeness (QED) is 0.639. The van der Waals surface area contributed by atoms with E-state index in [0.717, 1.165) is 5.92 Å². The third-order valence-electron chi connectivity index (χ3n) is 4.09. The van der Waals surface area contributed by atoms with Gasteiger partial charge in [-0.1, -0.05) is 49.7 Å². The highest BCUT2D eigenvalue weighted by Gasteiger charge is 2.41. The average molecular weight is 253 g/mol. The molecule has 0 fully saturated rings. The van der Waals surface area contributed by atoms with Crippen molar-refractivity contribution in [3.05, 3.63) is 33.8 Å². The van der Waals surface area contributed by atoms with Crippen molar-refractivity contribution in [3.63, 3.8) is 0 Å². The largest absolute Gasteiger partial charge is 0.0611 e. The second-order valence-electron chi connectivity index (χ2n) is 5.03. The Morgan fingerprint density at radius 2 is 1.86 bits per heavy atom. The smallest absolute Gasteiger partial charge is 0.0178 e. The van der Waals surface area contributed by atoms with Gasteiger partial charge in [-0.2, -0.15) is 0 Å². The third kappa shape index (κ3) is 1.25. The molecular formula is C13H17Br. The molecule has 0 spiro atoms. The summed E-state index contributed by atoms with van der Waals surface area (Å²) in [6.45, 7) is 9.41. The maximum absolute atomic E-state index is 3.55. The van der Waals surface area contributed by atoms with Gasteiger partial charge in [0.15, 0.2) is 0 Å². The van der Waals surface area contributed by atoms with Crippen LogP contribution in [-0.4, -0.2) is 0 Å². The van der Waals surface area contributed by atoms with Crippen molar-refractivity contribution < 1.29 is 0 Å². The summed E-state index contributed by atoms with van der Waals surface area (Å²) in [7, 11) is 0. The first-order chi connectivity index (χ1) is 6.44. The van der Waals surface area contributed by atoms with Crippen molar-refractivity contribution in [2.45, 2.75) is 39.0 Å². The molecule has 0 amide bonds. The number of fused-ring (bicyclic) bond motifs is 1. The molecule has 0 aliphatic heterocycles. The third-order valence-corrected chi connectivity index (χ3v) is 4.58. The molecule has 1 aliphatic carbocycles. The number of halogens is 1. The van der Waals surface area contributed by atoms with Crippen molar-refractivity contribution in [2.75, 3.05) is 0 Å². The minimum absolute atomic E-state index is 0.329. The van der Waals surface area contributed by atoms with Crippen LogP contribution in [0.4, 0.5) is 0 Å². The molecule has 14 heavy (non-hydrogen) atoms. The van der Waals surface area contributed by atoms with E-state index in [1.807, 2.05) is 0 Å². The number of hydrogen-bond donors (Lipinski definition) is 0. The zero-order valence-corrected chi connectivity index (χ0v) is 10.9. The van der Waals surface area contributed by atoms with Gasteiger partial charge < -0.3 is 0 Å². The summed E-state index contributed by atoms with van der Waals surface area (Å²) < 4.78 is 1.20. The molecule has 0 saturated carbocycles. The summed E-state index contributed by atoms with van der Waals surface area (Å²) in [6, 6.07) is 6.72. The summed E-state index contributed by atoms with van der Waals surface area (Å²) >= 11 is 3.55. The predicted octanol–water partition coefficient (Wildman–Crippen LogP) is 4.48. The minimum Gasteiger partial charge on any atom is -0.0611 e. The second kappa shape index (κ2) is 3.10. The lowest BCUT2D eigenvalue weighted by Crippen LogP contribution is -2.22. The Hall–Kier alpha value is -0.300. The Labute approximate surface area is 94.8 Å². The molecule has 2 unspecified atom stereocenters. The molecule has 0 N–H and O–H groups in total. The fourth-order valence-electron chi connectivity index (χ4n) is 2.64. The van der Waals surface area contributed by atoms with Gasteiger partial charge in [0.1, 0.15) is 0 Å². The van der Waals surface area contributed by atoms with Gasteiger partial charge in [0, 0.05) is 4.47 Å². The number of rotatable bonds is 0. The summed E-state index contributed by atoms with van der Waals surface area (Å²) in [4.78, 5) is 0. The lowest BCUT2D eigenvalue weighted by Gasteiger charge is -2.26. The molecule has 1 aromatic rings. The van der Waals surface area contributed by atoms with E-state index in [0.29, 0.717) is 11.3 Å². The Morgan fingerprint density at radius 3 is 2.50 bits per heavy atom. The van der Waals surface area contributed by atoms with E-state index in [-0.39, 0.29) is 0 Å². The van der Waals surface area contributed by atoms with E-state index in [2.05, 4.69) is 61.8 Å². The molecular weight excluding hydrogens is 236 g/mol. The molecule has 0 radical (unpaired) electrons. The highest BCUT2D eigenvalue weighted by Crippen LogP contribution is 2.50. The van der Waals surface area contributed by atoms with Crippen LogP contribution >= 0.6 is 15.9 Å². The van der Waals surface area contributed by atoms with Crippen molar-refractivity contribution in [1.29, 1.82) is 0 Å². The van der Waals surface area contributed by atoms with Crippen molar-refractivity contribution in [1.82, 2.24) is 0 Å². The maximum Gasteiger partial charge on any atom is 0.0178 e. The maximum atomic E-state index is 3.55. The molecule has 1 aromatic carbocycles. The molecule has 2 rings (SSSR count). The molecule has 0 nitrogen and oxygen atoms in total. The predicted molar refractivity (Wildman–Crippen MR) is 64.7 cm³/mol. The van der Waals surface area contributed by atoms with E-state index in [1.54, 1.807) is 0 Å². The van der Waals surface area contributed by atoms with E-state index < -0.39 is 0 Å². The Balaban J connectivity index is 2.62. The second-order valence-corrected chi connectivity index (χ2v) is 5.95. The van der Waals surface area contributed by atoms with Crippen LogP contribution in [0.15, 0.2) is 22.7 Å². The van der Waals surface area contributed by atoms with Gasteiger partial charge >= 0.3 is 0 Å². The van der Waals surface area contributed by atoms with Gasteiger partial charge in [0.05, 0.1) is 0 Å². The first-order valence-corrected chi connectivity index (χ1v) is 6.04. The lowest BCUT2D eigenvalue weighted by molar-refractivity contribution is 0.342. The minimum atomic E-state index is 0.329. The van der Waals surface area contributed by atoms with E-state index in [4.69, 9.17) is 0 Å². The van der Waals surface area contributed by atoms with Crippen molar-refractivity contribution in [2.24, 2.45) is 5.92 Å². The van der Waals surface area contributed by atoms with Gasteiger partial charge in [-0.05, 0) is 40.5 Å². The number of benzene rings is 1. The summed E-state index contributed by atoms with van der Waals surface area (Å²) in [5.74, 6) is 1.41. The van der Waals surface area contributed by atoms with Crippen molar-refractivity contribution in [3.8, 4) is 0 Å². The van der Waals surface area contributed by atoms with Crippen LogP contribution in [0.3, 0.4) is 0 Å². The highest BCUT2D eigenvalue weighted by atomic mass is 79.9. The standard InChI is InChI=1S/C13H17Br/c1-8-9(2)13(3,4)12-6-5-10(14)7-11(8)12/h5-9H,1-4H3. The highest BCUT2D eigenvalue weighted by molar-refractivity contribution is 9.10. The number of hydrogen-bond acceptors (Lipinski definition) is 0. The van der Waals surface area contributed by atoms with E-state index in [1.165, 1.54) is 15.6 Å². The Morgan fingerprint density at radius 1 is 1.21 bits per heavy atom. The average Bonchev–Trinajstić information content (AvgIpc) is 2.28. The summed E-state index contributed by atoms with van der Waals surface area (Å²) in [5, 5.41) is 0. The summed E-state index contributed by atoms with van der Waals surface area (Å²) in [6.07, 6.45) is 0. The first-order valence-electron chi connectivity index (χ1n) is 5.24. The molecule has 1 aliphatic rings.